The van der Waals surface area contributed by atoms with Crippen molar-refractivity contribution >= 4 is 0 Å². The number of hydrogen-bond donors (Lipinski definition) is 0. The Bertz CT molecular complexity index is 184. The minimum Gasteiger partial charge on any atom is -0.0803 e. The minimum absolute atomic E-state index is 0.782. The molecule has 0 spiro atoms. The Labute approximate surface area is 46.9 Å². The van der Waals surface area contributed by atoms with Crippen molar-refractivity contribution in [2.75, 3.05) is 0 Å². The SMILES string of the molecule is [N-]=[N+]=NC1=CC=CC1. The summed E-state index contributed by atoms with van der Waals surface area (Å²) in [6.45, 7) is 0. The molecule has 40 valence electrons. The van der Waals surface area contributed by atoms with Crippen LogP contribution in [0.15, 0.2) is 29.0 Å². The lowest BCUT2D eigenvalue weighted by Gasteiger charge is -1.80. The maximum Gasteiger partial charge on any atom is 0.0188 e. The van der Waals surface area contributed by atoms with Gasteiger partial charge in [-0.3, -0.25) is 0 Å². The lowest BCUT2D eigenvalue weighted by Crippen LogP contribution is -1.62. The monoisotopic (exact) mass is 107 g/mol. The third-order valence-corrected chi connectivity index (χ3v) is 0.925. The molecule has 0 unspecified atom stereocenters. The molecule has 0 aromatic rings. The van der Waals surface area contributed by atoms with Crippen LogP contribution >= 0.6 is 0 Å². The molecule has 3 heteroatoms. The molecule has 1 aliphatic carbocycles. The second-order valence-electron chi connectivity index (χ2n) is 1.48. The van der Waals surface area contributed by atoms with E-state index in [0.29, 0.717) is 0 Å². The highest BCUT2D eigenvalue weighted by Gasteiger charge is 1.91. The zero-order valence-corrected chi connectivity index (χ0v) is 4.28. The van der Waals surface area contributed by atoms with E-state index in [2.05, 4.69) is 10.0 Å². The predicted molar refractivity (Wildman–Crippen MR) is 31.0 cm³/mol. The van der Waals surface area contributed by atoms with Crippen molar-refractivity contribution < 1.29 is 0 Å². The summed E-state index contributed by atoms with van der Waals surface area (Å²) < 4.78 is 0. The fourth-order valence-corrected chi connectivity index (χ4v) is 0.568. The third-order valence-electron chi connectivity index (χ3n) is 0.925. The summed E-state index contributed by atoms with van der Waals surface area (Å²) in [6, 6.07) is 0. The molecule has 0 saturated heterocycles. The van der Waals surface area contributed by atoms with Crippen molar-refractivity contribution in [1.82, 2.24) is 0 Å². The highest BCUT2D eigenvalue weighted by Crippen LogP contribution is 2.10. The predicted octanol–water partition coefficient (Wildman–Crippen LogP) is 2.14. The average Bonchev–Trinajstić information content (AvgIpc) is 2.19. The van der Waals surface area contributed by atoms with Gasteiger partial charge in [-0.05, 0) is 12.0 Å². The molecule has 0 amide bonds. The molecular weight excluding hydrogens is 102 g/mol. The largest absolute Gasteiger partial charge is 0.0803 e. The second-order valence-corrected chi connectivity index (χ2v) is 1.48. The standard InChI is InChI=1S/C5H5N3/c6-8-7-5-3-1-2-4-5/h1-3H,4H2. The molecule has 0 saturated carbocycles. The summed E-state index contributed by atoms with van der Waals surface area (Å²) in [5.41, 5.74) is 8.72. The molecule has 8 heavy (non-hydrogen) atoms. The van der Waals surface area contributed by atoms with Gasteiger partial charge in [-0.25, -0.2) is 0 Å². The molecule has 0 aromatic heterocycles. The summed E-state index contributed by atoms with van der Waals surface area (Å²) in [5.74, 6) is 0. The van der Waals surface area contributed by atoms with E-state index >= 15 is 0 Å². The van der Waals surface area contributed by atoms with Crippen LogP contribution in [-0.2, 0) is 0 Å². The summed E-state index contributed by atoms with van der Waals surface area (Å²) in [7, 11) is 0. The van der Waals surface area contributed by atoms with E-state index in [9.17, 15) is 0 Å². The lowest BCUT2D eigenvalue weighted by atomic mass is 10.4. The first kappa shape index (κ1) is 4.94. The van der Waals surface area contributed by atoms with Gasteiger partial charge in [0.1, 0.15) is 0 Å². The molecule has 0 N–H and O–H groups in total. The molecule has 0 fully saturated rings. The van der Waals surface area contributed by atoms with Gasteiger partial charge < -0.3 is 0 Å². The van der Waals surface area contributed by atoms with Gasteiger partial charge in [0.2, 0.25) is 0 Å². The van der Waals surface area contributed by atoms with Crippen molar-refractivity contribution in [3.8, 4) is 0 Å². The fourth-order valence-electron chi connectivity index (χ4n) is 0.568. The smallest absolute Gasteiger partial charge is 0.0188 e. The van der Waals surface area contributed by atoms with E-state index in [1.807, 2.05) is 12.2 Å². The number of nitrogens with zero attached hydrogens (tertiary/aromatic N) is 3. The quantitative estimate of drug-likeness (QED) is 0.280. The van der Waals surface area contributed by atoms with Gasteiger partial charge in [-0.1, -0.05) is 23.3 Å². The lowest BCUT2D eigenvalue weighted by molar-refractivity contribution is 1.18. The second kappa shape index (κ2) is 2.19. The molecule has 0 aliphatic heterocycles. The Kier molecular flexibility index (Phi) is 1.35. The zero-order valence-electron chi connectivity index (χ0n) is 4.28. The van der Waals surface area contributed by atoms with Gasteiger partial charge in [0, 0.05) is 10.6 Å². The van der Waals surface area contributed by atoms with Crippen LogP contribution in [0.1, 0.15) is 6.42 Å². The van der Waals surface area contributed by atoms with Crippen molar-refractivity contribution in [2.24, 2.45) is 5.11 Å². The number of hydrogen-bond acceptors (Lipinski definition) is 1. The van der Waals surface area contributed by atoms with E-state index < -0.39 is 0 Å². The Hall–Kier alpha value is -1.21. The Morgan fingerprint density at radius 1 is 1.75 bits per heavy atom. The van der Waals surface area contributed by atoms with E-state index in [1.165, 1.54) is 0 Å². The van der Waals surface area contributed by atoms with Crippen LogP contribution in [0, 0.1) is 0 Å². The topological polar surface area (TPSA) is 48.8 Å². The Morgan fingerprint density at radius 2 is 2.62 bits per heavy atom. The Morgan fingerprint density at radius 3 is 3.12 bits per heavy atom. The fraction of sp³-hybridized carbons (Fsp3) is 0.200. The van der Waals surface area contributed by atoms with Crippen LogP contribution in [0.2, 0.25) is 0 Å². The van der Waals surface area contributed by atoms with Crippen molar-refractivity contribution in [1.29, 1.82) is 0 Å². The normalized spacial score (nSPS) is 15.2. The van der Waals surface area contributed by atoms with E-state index in [0.717, 1.165) is 12.1 Å². The van der Waals surface area contributed by atoms with Crippen molar-refractivity contribution in [2.45, 2.75) is 6.42 Å². The maximum absolute atomic E-state index is 7.92. The van der Waals surface area contributed by atoms with Crippen LogP contribution in [0.5, 0.6) is 0 Å². The molecule has 0 radical (unpaired) electrons. The summed E-state index contributed by atoms with van der Waals surface area (Å²) in [4.78, 5) is 2.63. The van der Waals surface area contributed by atoms with Crippen LogP contribution in [-0.4, -0.2) is 0 Å². The molecule has 0 bridgehead atoms. The average molecular weight is 107 g/mol. The summed E-state index contributed by atoms with van der Waals surface area (Å²) in [6.07, 6.45) is 6.41. The first-order chi connectivity index (χ1) is 3.93. The van der Waals surface area contributed by atoms with Crippen LogP contribution < -0.4 is 0 Å². The van der Waals surface area contributed by atoms with Crippen LogP contribution in [0.25, 0.3) is 10.4 Å². The van der Waals surface area contributed by atoms with Gasteiger partial charge in [0.05, 0.1) is 0 Å². The first-order valence-electron chi connectivity index (χ1n) is 2.34. The van der Waals surface area contributed by atoms with Gasteiger partial charge in [0.15, 0.2) is 0 Å². The van der Waals surface area contributed by atoms with Gasteiger partial charge in [-0.2, -0.15) is 0 Å². The first-order valence-corrected chi connectivity index (χ1v) is 2.34. The Balaban J connectivity index is 2.64. The van der Waals surface area contributed by atoms with E-state index in [4.69, 9.17) is 5.53 Å². The number of allylic oxidation sites excluding steroid dienone is 3. The molecule has 0 heterocycles. The van der Waals surface area contributed by atoms with Crippen molar-refractivity contribution in [3.63, 3.8) is 0 Å². The van der Waals surface area contributed by atoms with Crippen LogP contribution in [0.4, 0.5) is 0 Å². The van der Waals surface area contributed by atoms with Gasteiger partial charge in [-0.15, -0.1) is 0 Å². The molecule has 3 nitrogen and oxygen atoms in total. The summed E-state index contributed by atoms with van der Waals surface area (Å²) in [5, 5.41) is 3.40. The number of azide groups is 1. The highest BCUT2D eigenvalue weighted by atomic mass is 15.1. The van der Waals surface area contributed by atoms with Gasteiger partial charge >= 0.3 is 0 Å². The minimum atomic E-state index is 0.782. The molecule has 0 atom stereocenters. The number of rotatable bonds is 1. The van der Waals surface area contributed by atoms with E-state index in [1.54, 1.807) is 6.08 Å². The molecule has 1 aliphatic rings. The molecule has 1 rings (SSSR count). The summed E-state index contributed by atoms with van der Waals surface area (Å²) >= 11 is 0. The van der Waals surface area contributed by atoms with E-state index in [-0.39, 0.29) is 0 Å². The highest BCUT2D eigenvalue weighted by molar-refractivity contribution is 5.21. The van der Waals surface area contributed by atoms with Crippen LogP contribution in [0.3, 0.4) is 0 Å². The zero-order chi connectivity index (χ0) is 5.82. The molecule has 0 aromatic carbocycles. The van der Waals surface area contributed by atoms with Crippen molar-refractivity contribution in [3.05, 3.63) is 34.4 Å². The third kappa shape index (κ3) is 0.891. The van der Waals surface area contributed by atoms with Gasteiger partial charge in [0.25, 0.3) is 0 Å². The molecular formula is C5H5N3. The maximum atomic E-state index is 7.92.